The van der Waals surface area contributed by atoms with E-state index in [1.807, 2.05) is 0 Å². The predicted octanol–water partition coefficient (Wildman–Crippen LogP) is 18.8. The molecule has 0 radical (unpaired) electrons. The van der Waals surface area contributed by atoms with Gasteiger partial charge in [0, 0.05) is 19.3 Å². The van der Waals surface area contributed by atoms with Gasteiger partial charge in [-0.15, -0.1) is 0 Å². The first-order valence-corrected chi connectivity index (χ1v) is 28.3. The van der Waals surface area contributed by atoms with Gasteiger partial charge in [-0.05, 0) is 103 Å². The van der Waals surface area contributed by atoms with Crippen LogP contribution in [-0.4, -0.2) is 37.2 Å². The number of ether oxygens (including phenoxy) is 3. The van der Waals surface area contributed by atoms with Gasteiger partial charge in [0.05, 0.1) is 0 Å². The number of esters is 3. The molecule has 0 spiro atoms. The quantitative estimate of drug-likeness (QED) is 0.0199. The first-order chi connectivity index (χ1) is 32.5. The smallest absolute Gasteiger partial charge is 0.306 e. The highest BCUT2D eigenvalue weighted by Crippen LogP contribution is 2.15. The minimum atomic E-state index is -0.782. The van der Waals surface area contributed by atoms with Crippen LogP contribution in [0.1, 0.15) is 284 Å². The Bertz CT molecular complexity index is 1200. The van der Waals surface area contributed by atoms with Crippen LogP contribution in [0.25, 0.3) is 0 Å². The zero-order chi connectivity index (χ0) is 47.9. The highest BCUT2D eigenvalue weighted by atomic mass is 16.6. The van der Waals surface area contributed by atoms with Gasteiger partial charge < -0.3 is 14.2 Å². The number of hydrogen-bond donors (Lipinski definition) is 0. The lowest BCUT2D eigenvalue weighted by molar-refractivity contribution is -0.167. The summed E-state index contributed by atoms with van der Waals surface area (Å²) in [6.45, 7) is 6.57. The van der Waals surface area contributed by atoms with Crippen LogP contribution in [0.2, 0.25) is 0 Å². The van der Waals surface area contributed by atoms with Crippen LogP contribution in [-0.2, 0) is 28.6 Å². The maximum atomic E-state index is 12.8. The van der Waals surface area contributed by atoms with Crippen molar-refractivity contribution in [1.29, 1.82) is 0 Å². The lowest BCUT2D eigenvalue weighted by Crippen LogP contribution is -2.30. The van der Waals surface area contributed by atoms with E-state index in [2.05, 4.69) is 81.5 Å². The van der Waals surface area contributed by atoms with E-state index in [9.17, 15) is 14.4 Å². The van der Waals surface area contributed by atoms with Crippen molar-refractivity contribution >= 4 is 17.9 Å². The van der Waals surface area contributed by atoms with Crippen molar-refractivity contribution in [2.24, 2.45) is 0 Å². The molecule has 0 N–H and O–H groups in total. The summed E-state index contributed by atoms with van der Waals surface area (Å²) in [6, 6.07) is 0. The molecule has 6 nitrogen and oxygen atoms in total. The van der Waals surface area contributed by atoms with Gasteiger partial charge in [0.15, 0.2) is 6.10 Å². The van der Waals surface area contributed by atoms with E-state index in [-0.39, 0.29) is 31.1 Å². The standard InChI is InChI=1S/C60H106O6/c1-4-7-10-13-16-19-22-25-27-29-30-32-33-35-38-41-44-47-50-53-59(62)65-56-57(55-64-58(61)52-49-46-43-40-37-24-21-18-15-12-9-6-3)66-60(63)54-51-48-45-42-39-36-34-31-28-26-23-20-17-14-11-8-5-2/h16-22,25-26,28,57H,4-15,23-24,27,29-56H2,1-3H3/b19-16-,20-17-,21-18-,25-22-,28-26-. The molecule has 0 aliphatic rings. The van der Waals surface area contributed by atoms with Gasteiger partial charge in [0.25, 0.3) is 0 Å². The predicted molar refractivity (Wildman–Crippen MR) is 284 cm³/mol. The number of carbonyl (C=O) groups is 3. The Kier molecular flexibility index (Phi) is 52.3. The maximum Gasteiger partial charge on any atom is 0.306 e. The van der Waals surface area contributed by atoms with Gasteiger partial charge in [-0.2, -0.15) is 0 Å². The van der Waals surface area contributed by atoms with Gasteiger partial charge in [-0.1, -0.05) is 223 Å². The van der Waals surface area contributed by atoms with Crippen LogP contribution in [0.5, 0.6) is 0 Å². The lowest BCUT2D eigenvalue weighted by Gasteiger charge is -2.18. The molecule has 0 fully saturated rings. The van der Waals surface area contributed by atoms with Crippen molar-refractivity contribution in [2.45, 2.75) is 290 Å². The minimum absolute atomic E-state index is 0.0811. The molecule has 6 heteroatoms. The third-order valence-corrected chi connectivity index (χ3v) is 12.2. The zero-order valence-electron chi connectivity index (χ0n) is 43.7. The van der Waals surface area contributed by atoms with Gasteiger partial charge in [0.2, 0.25) is 0 Å². The Morgan fingerprint density at radius 1 is 0.318 bits per heavy atom. The number of carbonyl (C=O) groups excluding carboxylic acids is 3. The van der Waals surface area contributed by atoms with Crippen LogP contribution in [0.4, 0.5) is 0 Å². The van der Waals surface area contributed by atoms with Crippen molar-refractivity contribution in [3.05, 3.63) is 60.8 Å². The first-order valence-electron chi connectivity index (χ1n) is 28.3. The number of hydrogen-bond acceptors (Lipinski definition) is 6. The Morgan fingerprint density at radius 2 is 0.591 bits per heavy atom. The van der Waals surface area contributed by atoms with E-state index < -0.39 is 6.10 Å². The Morgan fingerprint density at radius 3 is 0.939 bits per heavy atom. The van der Waals surface area contributed by atoms with Crippen molar-refractivity contribution in [3.8, 4) is 0 Å². The molecule has 0 aromatic carbocycles. The largest absolute Gasteiger partial charge is 0.462 e. The average Bonchev–Trinajstić information content (AvgIpc) is 3.31. The van der Waals surface area contributed by atoms with E-state index in [0.717, 1.165) is 77.0 Å². The Labute approximate surface area is 409 Å². The zero-order valence-corrected chi connectivity index (χ0v) is 43.7. The van der Waals surface area contributed by atoms with Crippen molar-refractivity contribution in [1.82, 2.24) is 0 Å². The van der Waals surface area contributed by atoms with Crippen molar-refractivity contribution in [3.63, 3.8) is 0 Å². The third-order valence-electron chi connectivity index (χ3n) is 12.2. The molecule has 0 heterocycles. The van der Waals surface area contributed by atoms with Gasteiger partial charge >= 0.3 is 17.9 Å². The monoisotopic (exact) mass is 923 g/mol. The molecule has 0 saturated heterocycles. The fourth-order valence-electron chi connectivity index (χ4n) is 7.93. The van der Waals surface area contributed by atoms with Crippen molar-refractivity contribution in [2.75, 3.05) is 13.2 Å². The summed E-state index contributed by atoms with van der Waals surface area (Å²) >= 11 is 0. The summed E-state index contributed by atoms with van der Waals surface area (Å²) in [6.07, 6.45) is 67.7. The second kappa shape index (κ2) is 54.7. The summed E-state index contributed by atoms with van der Waals surface area (Å²) in [5, 5.41) is 0. The summed E-state index contributed by atoms with van der Waals surface area (Å²) in [4.78, 5) is 38.1. The van der Waals surface area contributed by atoms with E-state index in [4.69, 9.17) is 14.2 Å². The topological polar surface area (TPSA) is 78.9 Å². The lowest BCUT2D eigenvalue weighted by atomic mass is 10.1. The van der Waals surface area contributed by atoms with Crippen LogP contribution in [0.15, 0.2) is 60.8 Å². The molecular formula is C60H106O6. The third kappa shape index (κ3) is 52.1. The minimum Gasteiger partial charge on any atom is -0.462 e. The molecule has 0 aliphatic carbocycles. The molecule has 1 unspecified atom stereocenters. The second-order valence-electron chi connectivity index (χ2n) is 18.9. The van der Waals surface area contributed by atoms with Crippen LogP contribution >= 0.6 is 0 Å². The van der Waals surface area contributed by atoms with Crippen LogP contribution in [0.3, 0.4) is 0 Å². The normalized spacial score (nSPS) is 12.5. The van der Waals surface area contributed by atoms with E-state index in [0.29, 0.717) is 19.3 Å². The molecule has 0 bridgehead atoms. The summed E-state index contributed by atoms with van der Waals surface area (Å²) in [5.41, 5.74) is 0. The molecule has 1 atom stereocenters. The van der Waals surface area contributed by atoms with Gasteiger partial charge in [-0.25, -0.2) is 0 Å². The maximum absolute atomic E-state index is 12.8. The first kappa shape index (κ1) is 63.1. The fourth-order valence-corrected chi connectivity index (χ4v) is 7.93. The average molecular weight is 924 g/mol. The SMILES string of the molecule is CCCCC/C=C\C=C/CCCCCCCCCCCCC(=O)OCC(COC(=O)CCCCCCC/C=C\CCCCC)OC(=O)CCCCCCCCC/C=C\C/C=C\CCCCC. The second-order valence-corrected chi connectivity index (χ2v) is 18.9. The molecule has 0 aromatic heterocycles. The fraction of sp³-hybridized carbons (Fsp3) is 0.783. The highest BCUT2D eigenvalue weighted by molar-refractivity contribution is 5.71. The molecule has 0 amide bonds. The Hall–Kier alpha value is -2.89. The van der Waals surface area contributed by atoms with E-state index >= 15 is 0 Å². The molecular weight excluding hydrogens is 817 g/mol. The molecule has 0 aromatic rings. The van der Waals surface area contributed by atoms with Crippen molar-refractivity contribution < 1.29 is 28.6 Å². The summed E-state index contributed by atoms with van der Waals surface area (Å²) < 4.78 is 16.8. The van der Waals surface area contributed by atoms with E-state index in [1.165, 1.54) is 167 Å². The Balaban J connectivity index is 4.36. The van der Waals surface area contributed by atoms with Gasteiger partial charge in [-0.3, -0.25) is 14.4 Å². The highest BCUT2D eigenvalue weighted by Gasteiger charge is 2.19. The molecule has 0 rings (SSSR count). The van der Waals surface area contributed by atoms with Gasteiger partial charge in [0.1, 0.15) is 13.2 Å². The van der Waals surface area contributed by atoms with E-state index in [1.54, 1.807) is 0 Å². The number of unbranched alkanes of at least 4 members (excludes halogenated alkanes) is 31. The molecule has 66 heavy (non-hydrogen) atoms. The summed E-state index contributed by atoms with van der Waals surface area (Å²) in [5.74, 6) is -0.893. The number of allylic oxidation sites excluding steroid dienone is 10. The molecule has 0 saturated carbocycles. The molecule has 0 aliphatic heterocycles. The number of rotatable bonds is 51. The van der Waals surface area contributed by atoms with Crippen LogP contribution < -0.4 is 0 Å². The van der Waals surface area contributed by atoms with Crippen LogP contribution in [0, 0.1) is 0 Å². The molecule has 382 valence electrons. The summed E-state index contributed by atoms with van der Waals surface area (Å²) in [7, 11) is 0.